The summed E-state index contributed by atoms with van der Waals surface area (Å²) in [5, 5.41) is 45.1. The fourth-order valence-electron chi connectivity index (χ4n) is 6.66. The number of benzene rings is 4. The number of aryl methyl sites for hydroxylation is 1. The minimum atomic E-state index is -4.64. The minimum Gasteiger partial charge on any atom is -0.493 e. The highest BCUT2D eigenvalue weighted by Crippen LogP contribution is 2.28. The van der Waals surface area contributed by atoms with Gasteiger partial charge in [0.25, 0.3) is 22.7 Å². The molecule has 0 unspecified atom stereocenters. The van der Waals surface area contributed by atoms with Gasteiger partial charge in [0.2, 0.25) is 30.1 Å². The van der Waals surface area contributed by atoms with Gasteiger partial charge in [-0.05, 0) is 61.2 Å². The van der Waals surface area contributed by atoms with Gasteiger partial charge in [0.15, 0.2) is 0 Å². The first kappa shape index (κ1) is 47.6. The highest BCUT2D eigenvalue weighted by atomic mass is 32.2. The summed E-state index contributed by atoms with van der Waals surface area (Å²) in [6.45, 7) is -3.31. The van der Waals surface area contributed by atoms with Gasteiger partial charge in [-0.25, -0.2) is 25.3 Å². The van der Waals surface area contributed by atoms with Gasteiger partial charge in [0.1, 0.15) is 5.75 Å². The van der Waals surface area contributed by atoms with Crippen molar-refractivity contribution in [2.75, 3.05) is 32.8 Å². The SMILES string of the molecule is O=[N+]([O-])c1ccc(CCCCOc2cc3nc(c2)CN(S(=O)(=O)c2ccc([N+](=O)[O-])cc2)CCN(S(=O)(=O)c2ccc([N+](=O)[O-])cc2)CCN(S(=O)(=O)c2ccc([N+](=O)[O-])cc2)C3)cc1. The molecule has 0 amide bonds. The van der Waals surface area contributed by atoms with Crippen LogP contribution in [-0.4, -0.2) is 95.6 Å². The van der Waals surface area contributed by atoms with E-state index in [1.165, 1.54) is 24.3 Å². The molecular formula is C39H38N8O15S3. The predicted molar refractivity (Wildman–Crippen MR) is 229 cm³/mol. The Kier molecular flexibility index (Phi) is 14.6. The summed E-state index contributed by atoms with van der Waals surface area (Å²) >= 11 is 0. The maximum absolute atomic E-state index is 14.3. The van der Waals surface area contributed by atoms with Gasteiger partial charge in [-0.3, -0.25) is 45.4 Å². The summed E-state index contributed by atoms with van der Waals surface area (Å²) in [5.74, 6) is 0.167. The Hall–Kier alpha value is -6.84. The number of nitro benzene ring substituents is 4. The molecule has 1 aromatic heterocycles. The first-order chi connectivity index (χ1) is 30.7. The van der Waals surface area contributed by atoms with Crippen LogP contribution in [0.5, 0.6) is 5.75 Å². The number of rotatable bonds is 16. The number of nitrogens with zero attached hydrogens (tertiary/aromatic N) is 8. The van der Waals surface area contributed by atoms with Crippen LogP contribution in [0.2, 0.25) is 0 Å². The van der Waals surface area contributed by atoms with Crippen molar-refractivity contribution in [2.45, 2.75) is 47.0 Å². The van der Waals surface area contributed by atoms with E-state index in [2.05, 4.69) is 4.98 Å². The number of hydrogen-bond donors (Lipinski definition) is 0. The Morgan fingerprint density at radius 3 is 1.15 bits per heavy atom. The molecule has 5 aromatic rings. The van der Waals surface area contributed by atoms with Crippen LogP contribution in [0.4, 0.5) is 22.7 Å². The Morgan fingerprint density at radius 1 is 0.477 bits per heavy atom. The van der Waals surface area contributed by atoms with E-state index >= 15 is 0 Å². The monoisotopic (exact) mass is 954 g/mol. The summed E-state index contributed by atoms with van der Waals surface area (Å²) in [6, 6.07) is 20.8. The first-order valence-electron chi connectivity index (χ1n) is 19.4. The third-order valence-electron chi connectivity index (χ3n) is 10.1. The lowest BCUT2D eigenvalue weighted by Crippen LogP contribution is -2.45. The molecule has 6 rings (SSSR count). The lowest BCUT2D eigenvalue weighted by molar-refractivity contribution is -0.385. The molecule has 0 aliphatic carbocycles. The van der Waals surface area contributed by atoms with E-state index in [1.54, 1.807) is 12.1 Å². The topological polar surface area (TPSA) is 307 Å². The number of nitro groups is 4. The molecule has 0 saturated heterocycles. The number of unbranched alkanes of at least 4 members (excludes halogenated alkanes) is 1. The second kappa shape index (κ2) is 19.9. The molecular weight excluding hydrogens is 917 g/mol. The van der Waals surface area contributed by atoms with Crippen molar-refractivity contribution < 1.29 is 49.7 Å². The van der Waals surface area contributed by atoms with Crippen LogP contribution in [0, 0.1) is 40.5 Å². The number of hydrogen-bond acceptors (Lipinski definition) is 16. The van der Waals surface area contributed by atoms with Crippen molar-refractivity contribution in [3.8, 4) is 5.75 Å². The Labute approximate surface area is 371 Å². The van der Waals surface area contributed by atoms with Gasteiger partial charge < -0.3 is 4.74 Å². The summed E-state index contributed by atoms with van der Waals surface area (Å²) < 4.78 is 94.5. The van der Waals surface area contributed by atoms with Gasteiger partial charge in [-0.15, -0.1) is 0 Å². The minimum absolute atomic E-state index is 0.0342. The van der Waals surface area contributed by atoms with Crippen molar-refractivity contribution >= 4 is 52.8 Å². The molecule has 23 nitrogen and oxygen atoms in total. The molecule has 342 valence electrons. The molecule has 26 heteroatoms. The van der Waals surface area contributed by atoms with E-state index < -0.39 is 111 Å². The number of pyridine rings is 1. The average Bonchev–Trinajstić information content (AvgIpc) is 3.27. The van der Waals surface area contributed by atoms with Crippen LogP contribution in [-0.2, 0) is 49.6 Å². The number of ether oxygens (including phenoxy) is 1. The lowest BCUT2D eigenvalue weighted by atomic mass is 10.1. The van der Waals surface area contributed by atoms with Gasteiger partial charge in [-0.2, -0.15) is 12.9 Å². The van der Waals surface area contributed by atoms with Crippen LogP contribution >= 0.6 is 0 Å². The van der Waals surface area contributed by atoms with Crippen LogP contribution in [0.25, 0.3) is 0 Å². The van der Waals surface area contributed by atoms with Gasteiger partial charge in [0, 0.05) is 86.8 Å². The van der Waals surface area contributed by atoms with Crippen molar-refractivity contribution in [2.24, 2.45) is 0 Å². The highest BCUT2D eigenvalue weighted by Gasteiger charge is 2.34. The van der Waals surface area contributed by atoms with Crippen molar-refractivity contribution in [1.82, 2.24) is 17.9 Å². The lowest BCUT2D eigenvalue weighted by Gasteiger charge is -2.30. The summed E-state index contributed by atoms with van der Waals surface area (Å²) in [4.78, 5) is 45.8. The molecule has 2 bridgehead atoms. The fourth-order valence-corrected chi connectivity index (χ4v) is 10.9. The zero-order valence-electron chi connectivity index (χ0n) is 33.9. The maximum atomic E-state index is 14.3. The van der Waals surface area contributed by atoms with E-state index in [0.29, 0.717) is 19.3 Å². The summed E-state index contributed by atoms with van der Waals surface area (Å²) in [7, 11) is -13.8. The molecule has 0 radical (unpaired) electrons. The highest BCUT2D eigenvalue weighted by molar-refractivity contribution is 7.89. The molecule has 65 heavy (non-hydrogen) atoms. The Bertz CT molecular complexity index is 2800. The van der Waals surface area contributed by atoms with Crippen LogP contribution in [0.3, 0.4) is 0 Å². The molecule has 0 atom stereocenters. The maximum Gasteiger partial charge on any atom is 0.269 e. The Balaban J connectivity index is 1.38. The Morgan fingerprint density at radius 2 is 0.800 bits per heavy atom. The largest absolute Gasteiger partial charge is 0.493 e. The van der Waals surface area contributed by atoms with E-state index in [4.69, 9.17) is 4.74 Å². The van der Waals surface area contributed by atoms with E-state index in [0.717, 1.165) is 91.3 Å². The first-order valence-corrected chi connectivity index (χ1v) is 23.7. The zero-order valence-corrected chi connectivity index (χ0v) is 36.3. The molecule has 0 spiro atoms. The molecule has 0 fully saturated rings. The number of non-ortho nitro benzene ring substituents is 4. The van der Waals surface area contributed by atoms with Crippen LogP contribution in [0.15, 0.2) is 124 Å². The second-order valence-corrected chi connectivity index (χ2v) is 20.2. The van der Waals surface area contributed by atoms with Crippen molar-refractivity contribution in [3.63, 3.8) is 0 Å². The third kappa shape index (κ3) is 11.5. The summed E-state index contributed by atoms with van der Waals surface area (Å²) in [6.07, 6.45) is 1.66. The standard InChI is InChI=1S/C39H38N8O15S3/c48-44(49)32-6-4-29(5-7-32)3-1-2-24-62-36-25-30-27-42(64(58,59)38-16-10-34(11-17-38)46(52)53)22-20-41(63(56,57)37-14-8-33(9-15-37)45(50)51)21-23-43(28-31(26-36)40-30)65(60,61)39-18-12-35(13-19-39)47(54)55/h4-19,25-26H,1-3,20-24,27-28H2. The smallest absolute Gasteiger partial charge is 0.269 e. The van der Waals surface area contributed by atoms with Gasteiger partial charge in [0.05, 0.1) is 65.5 Å². The number of sulfonamides is 3. The van der Waals surface area contributed by atoms with Gasteiger partial charge >= 0.3 is 0 Å². The molecule has 0 saturated carbocycles. The molecule has 1 aliphatic rings. The quantitative estimate of drug-likeness (QED) is 0.0697. The van der Waals surface area contributed by atoms with E-state index in [-0.39, 0.29) is 39.2 Å². The van der Waals surface area contributed by atoms with Crippen molar-refractivity contribution in [1.29, 1.82) is 0 Å². The van der Waals surface area contributed by atoms with Crippen molar-refractivity contribution in [3.05, 3.63) is 167 Å². The second-order valence-electron chi connectivity index (χ2n) is 14.3. The molecule has 2 heterocycles. The van der Waals surface area contributed by atoms with E-state index in [1.807, 2.05) is 0 Å². The molecule has 1 aliphatic heterocycles. The van der Waals surface area contributed by atoms with Gasteiger partial charge in [-0.1, -0.05) is 12.1 Å². The zero-order chi connectivity index (χ0) is 47.1. The summed E-state index contributed by atoms with van der Waals surface area (Å²) in [5.41, 5.74) is -0.329. The fraction of sp³-hybridized carbons (Fsp3) is 0.256. The van der Waals surface area contributed by atoms with Crippen LogP contribution < -0.4 is 4.74 Å². The molecule has 4 aromatic carbocycles. The normalized spacial score (nSPS) is 14.7. The van der Waals surface area contributed by atoms with Crippen LogP contribution in [0.1, 0.15) is 29.8 Å². The third-order valence-corrected chi connectivity index (χ3v) is 15.7. The average molecular weight is 955 g/mol. The van der Waals surface area contributed by atoms with E-state index in [9.17, 15) is 65.7 Å². The number of fused-ring (bicyclic) bond motifs is 2. The predicted octanol–water partition coefficient (Wildman–Crippen LogP) is 5.20. The number of aromatic nitrogens is 1. The molecule has 0 N–H and O–H groups in total.